The van der Waals surface area contributed by atoms with Crippen molar-refractivity contribution in [3.8, 4) is 6.01 Å². The summed E-state index contributed by atoms with van der Waals surface area (Å²) in [5.41, 5.74) is 0. The Morgan fingerprint density at radius 1 is 1.26 bits per heavy atom. The van der Waals surface area contributed by atoms with E-state index in [1.807, 2.05) is 0 Å². The summed E-state index contributed by atoms with van der Waals surface area (Å²) < 4.78 is 56.3. The Bertz CT molecular complexity index is 927. The van der Waals surface area contributed by atoms with Crippen LogP contribution in [-0.4, -0.2) is 48.7 Å². The summed E-state index contributed by atoms with van der Waals surface area (Å²) in [7, 11) is -3.00. The number of aryl methyl sites for hydroxylation is 1. The highest BCUT2D eigenvalue weighted by Gasteiger charge is 2.22. The number of thioether (sulfide) groups is 1. The normalized spacial score (nSPS) is 11.3. The van der Waals surface area contributed by atoms with Gasteiger partial charge in [0.1, 0.15) is 10.7 Å². The molecule has 13 heteroatoms. The van der Waals surface area contributed by atoms with Gasteiger partial charge in [0.2, 0.25) is 12.4 Å². The molecule has 1 aromatic heterocycles. The number of hydrogen-bond acceptors (Lipinski definition) is 8. The number of alkyl halides is 2. The molecule has 0 aliphatic carbocycles. The largest absolute Gasteiger partial charge is 0.467 e. The molecule has 0 aliphatic heterocycles. The van der Waals surface area contributed by atoms with Crippen molar-refractivity contribution in [2.45, 2.75) is 23.1 Å². The third-order valence-corrected chi connectivity index (χ3v) is 5.47. The van der Waals surface area contributed by atoms with Crippen molar-refractivity contribution >= 4 is 33.8 Å². The van der Waals surface area contributed by atoms with Gasteiger partial charge >= 0.3 is 12.0 Å². The third kappa shape index (κ3) is 5.99. The van der Waals surface area contributed by atoms with Gasteiger partial charge in [0.15, 0.2) is 0 Å². The molecule has 2 N–H and O–H groups in total. The van der Waals surface area contributed by atoms with Crippen LogP contribution in [0.1, 0.15) is 5.82 Å². The van der Waals surface area contributed by atoms with Gasteiger partial charge in [-0.15, -0.1) is 11.8 Å². The Labute approximate surface area is 158 Å². The number of methoxy groups -OCH3 is 1. The van der Waals surface area contributed by atoms with Crippen LogP contribution >= 0.6 is 11.8 Å². The van der Waals surface area contributed by atoms with E-state index in [-0.39, 0.29) is 27.6 Å². The zero-order valence-electron chi connectivity index (χ0n) is 14.1. The van der Waals surface area contributed by atoms with Gasteiger partial charge in [-0.05, 0) is 19.1 Å². The molecule has 2 amide bonds. The van der Waals surface area contributed by atoms with E-state index < -0.39 is 28.2 Å². The molecular formula is C14H15F2N5O4S2. The number of halogens is 2. The third-order valence-electron chi connectivity index (χ3n) is 2.87. The molecule has 1 aromatic carbocycles. The van der Waals surface area contributed by atoms with Crippen molar-refractivity contribution in [1.82, 2.24) is 19.7 Å². The molecule has 0 aliphatic rings. The first-order valence-electron chi connectivity index (χ1n) is 7.31. The molecule has 0 spiro atoms. The lowest BCUT2D eigenvalue weighted by Gasteiger charge is -2.11. The van der Waals surface area contributed by atoms with Crippen LogP contribution in [0.2, 0.25) is 0 Å². The number of amides is 2. The van der Waals surface area contributed by atoms with Crippen molar-refractivity contribution in [3.05, 3.63) is 30.1 Å². The van der Waals surface area contributed by atoms with E-state index in [1.165, 1.54) is 38.3 Å². The second-order valence-corrected chi connectivity index (χ2v) is 7.61. The van der Waals surface area contributed by atoms with Gasteiger partial charge < -0.3 is 4.74 Å². The number of nitrogens with zero attached hydrogens (tertiary/aromatic N) is 3. The molecule has 0 atom stereocenters. The molecule has 2 aromatic rings. The lowest BCUT2D eigenvalue weighted by molar-refractivity contribution is 0.177. The zero-order valence-corrected chi connectivity index (χ0v) is 15.8. The average molecular weight is 419 g/mol. The maximum Gasteiger partial charge on any atom is 0.335 e. The molecule has 0 radical (unpaired) electrons. The second-order valence-electron chi connectivity index (χ2n) is 4.90. The fraction of sp³-hybridized carbons (Fsp3) is 0.286. The van der Waals surface area contributed by atoms with Crippen molar-refractivity contribution in [2.75, 3.05) is 18.2 Å². The van der Waals surface area contributed by atoms with E-state index >= 15 is 0 Å². The van der Waals surface area contributed by atoms with Gasteiger partial charge in [-0.25, -0.2) is 26.7 Å². The number of ether oxygens (including phenoxy) is 1. The van der Waals surface area contributed by atoms with E-state index in [9.17, 15) is 22.0 Å². The molecule has 0 unspecified atom stereocenters. The molecule has 1 heterocycles. The van der Waals surface area contributed by atoms with E-state index in [0.717, 1.165) is 0 Å². The molecule has 0 bridgehead atoms. The summed E-state index contributed by atoms with van der Waals surface area (Å²) in [5.74, 6) is -0.552. The van der Waals surface area contributed by atoms with Crippen LogP contribution in [0.15, 0.2) is 34.1 Å². The maximum absolute atomic E-state index is 12.4. The predicted molar refractivity (Wildman–Crippen MR) is 93.6 cm³/mol. The van der Waals surface area contributed by atoms with E-state index in [1.54, 1.807) is 4.72 Å². The van der Waals surface area contributed by atoms with Crippen LogP contribution in [-0.2, 0) is 10.0 Å². The Morgan fingerprint density at radius 2 is 1.96 bits per heavy atom. The lowest BCUT2D eigenvalue weighted by atomic mass is 10.4. The molecular weight excluding hydrogens is 404 g/mol. The number of benzene rings is 1. The number of carbonyl (C=O) groups excluding carboxylic acids is 1. The summed E-state index contributed by atoms with van der Waals surface area (Å²) in [6, 6.07) is 4.32. The minimum atomic E-state index is -4.31. The van der Waals surface area contributed by atoms with E-state index in [0.29, 0.717) is 11.8 Å². The molecule has 146 valence electrons. The number of rotatable bonds is 7. The van der Waals surface area contributed by atoms with Crippen LogP contribution < -0.4 is 14.8 Å². The number of carbonyl (C=O) groups is 1. The van der Waals surface area contributed by atoms with Gasteiger partial charge in [0, 0.05) is 4.90 Å². The SMILES string of the molecule is COc1nc(C)nc(NC(=O)NS(=O)(=O)c2ccccc2SCC(F)F)n1. The standard InChI is InChI=1S/C14H15F2N5O4S2/c1-8-17-12(20-14(18-8)25-2)19-13(22)21-27(23,24)10-6-4-3-5-9(10)26-7-11(15)16/h3-6,11H,7H2,1-2H3,(H2,17,18,19,20,21,22). The number of anilines is 1. The Morgan fingerprint density at radius 3 is 2.63 bits per heavy atom. The van der Waals surface area contributed by atoms with Gasteiger partial charge in [0.25, 0.3) is 10.0 Å². The predicted octanol–water partition coefficient (Wildman–Crippen LogP) is 2.06. The van der Waals surface area contributed by atoms with Crippen LogP contribution in [0.25, 0.3) is 0 Å². The van der Waals surface area contributed by atoms with Crippen LogP contribution in [0.3, 0.4) is 0 Å². The van der Waals surface area contributed by atoms with Gasteiger partial charge in [-0.2, -0.15) is 15.0 Å². The molecule has 2 rings (SSSR count). The fourth-order valence-electron chi connectivity index (χ4n) is 1.85. The number of urea groups is 1. The number of hydrogen-bond donors (Lipinski definition) is 2. The minimum Gasteiger partial charge on any atom is -0.467 e. The smallest absolute Gasteiger partial charge is 0.335 e. The van der Waals surface area contributed by atoms with Crippen molar-refractivity contribution < 1.29 is 26.7 Å². The van der Waals surface area contributed by atoms with Crippen molar-refractivity contribution in [2.24, 2.45) is 0 Å². The first-order chi connectivity index (χ1) is 12.7. The quantitative estimate of drug-likeness (QED) is 0.654. The summed E-state index contributed by atoms with van der Waals surface area (Å²) in [6.07, 6.45) is -2.61. The average Bonchev–Trinajstić information content (AvgIpc) is 2.59. The van der Waals surface area contributed by atoms with Gasteiger partial charge in [0.05, 0.1) is 12.9 Å². The van der Waals surface area contributed by atoms with Crippen LogP contribution in [0, 0.1) is 6.92 Å². The van der Waals surface area contributed by atoms with Crippen LogP contribution in [0.4, 0.5) is 19.5 Å². The summed E-state index contributed by atoms with van der Waals surface area (Å²) in [6.45, 7) is 1.53. The van der Waals surface area contributed by atoms with Crippen LogP contribution in [0.5, 0.6) is 6.01 Å². The number of nitrogens with one attached hydrogen (secondary N) is 2. The molecule has 0 saturated carbocycles. The molecule has 0 fully saturated rings. The van der Waals surface area contributed by atoms with Crippen molar-refractivity contribution in [3.63, 3.8) is 0 Å². The van der Waals surface area contributed by atoms with Gasteiger partial charge in [-0.3, -0.25) is 5.32 Å². The number of aromatic nitrogens is 3. The second kappa shape index (κ2) is 8.90. The highest BCUT2D eigenvalue weighted by molar-refractivity contribution is 8.00. The topological polar surface area (TPSA) is 123 Å². The fourth-order valence-corrected chi connectivity index (χ4v) is 4.04. The first kappa shape index (κ1) is 20.8. The maximum atomic E-state index is 12.4. The summed E-state index contributed by atoms with van der Waals surface area (Å²) in [4.78, 5) is 23.2. The lowest BCUT2D eigenvalue weighted by Crippen LogP contribution is -2.35. The first-order valence-corrected chi connectivity index (χ1v) is 9.78. The summed E-state index contributed by atoms with van der Waals surface area (Å²) >= 11 is 0.670. The Balaban J connectivity index is 2.16. The Kier molecular flexibility index (Phi) is 6.85. The van der Waals surface area contributed by atoms with Crippen molar-refractivity contribution in [1.29, 1.82) is 0 Å². The monoisotopic (exact) mass is 419 g/mol. The molecule has 0 saturated heterocycles. The summed E-state index contributed by atoms with van der Waals surface area (Å²) in [5, 5.41) is 2.15. The number of sulfonamides is 1. The molecule has 27 heavy (non-hydrogen) atoms. The highest BCUT2D eigenvalue weighted by Crippen LogP contribution is 2.27. The van der Waals surface area contributed by atoms with Gasteiger partial charge in [-0.1, -0.05) is 12.1 Å². The Hall–Kier alpha value is -2.54. The minimum absolute atomic E-state index is 0.0607. The van der Waals surface area contributed by atoms with E-state index in [2.05, 4.69) is 20.3 Å². The molecule has 9 nitrogen and oxygen atoms in total. The zero-order chi connectivity index (χ0) is 20.0. The highest BCUT2D eigenvalue weighted by atomic mass is 32.2. The van der Waals surface area contributed by atoms with E-state index in [4.69, 9.17) is 4.74 Å².